The first-order chi connectivity index (χ1) is 7.76. The molecule has 16 heavy (non-hydrogen) atoms. The second kappa shape index (κ2) is 4.53. The minimum absolute atomic E-state index is 0.0207. The van der Waals surface area contributed by atoms with Crippen molar-refractivity contribution in [2.24, 2.45) is 0 Å². The number of ether oxygens (including phenoxy) is 1. The Morgan fingerprint density at radius 2 is 2.38 bits per heavy atom. The third-order valence-corrected chi connectivity index (χ3v) is 2.83. The fourth-order valence-corrected chi connectivity index (χ4v) is 2.01. The zero-order valence-corrected chi connectivity index (χ0v) is 9.56. The summed E-state index contributed by atoms with van der Waals surface area (Å²) in [4.78, 5) is 13.4. The van der Waals surface area contributed by atoms with Gasteiger partial charge in [0.25, 0.3) is 0 Å². The molecule has 1 aliphatic heterocycles. The Hall–Kier alpha value is -1.55. The number of carbonyl (C=O) groups is 1. The topological polar surface area (TPSA) is 41.6 Å². The van der Waals surface area contributed by atoms with Crippen molar-refractivity contribution in [1.82, 2.24) is 10.2 Å². The van der Waals surface area contributed by atoms with Crippen molar-refractivity contribution >= 4 is 5.91 Å². The van der Waals surface area contributed by atoms with Crippen LogP contribution in [-0.2, 0) is 4.79 Å². The van der Waals surface area contributed by atoms with Crippen LogP contribution in [0.25, 0.3) is 0 Å². The Kier molecular flexibility index (Phi) is 3.10. The summed E-state index contributed by atoms with van der Waals surface area (Å²) in [5.41, 5.74) is 1.06. The van der Waals surface area contributed by atoms with E-state index in [1.54, 1.807) is 7.11 Å². The molecule has 1 aromatic carbocycles. The quantitative estimate of drug-likeness (QED) is 0.830. The Morgan fingerprint density at radius 1 is 1.56 bits per heavy atom. The number of hydrogen-bond donors (Lipinski definition) is 1. The Bertz CT molecular complexity index is 392. The summed E-state index contributed by atoms with van der Waals surface area (Å²) in [6, 6.07) is 7.80. The third-order valence-electron chi connectivity index (χ3n) is 2.83. The molecule has 1 heterocycles. The summed E-state index contributed by atoms with van der Waals surface area (Å²) in [6.07, 6.45) is -0.0207. The molecule has 1 saturated heterocycles. The summed E-state index contributed by atoms with van der Waals surface area (Å²) in [6.45, 7) is 3.11. The lowest BCUT2D eigenvalue weighted by Gasteiger charge is -2.23. The maximum atomic E-state index is 11.6. The zero-order valence-electron chi connectivity index (χ0n) is 9.56. The molecule has 4 nitrogen and oxygen atoms in total. The Balaban J connectivity index is 2.26. The van der Waals surface area contributed by atoms with E-state index in [2.05, 4.69) is 5.32 Å². The van der Waals surface area contributed by atoms with Gasteiger partial charge in [0.2, 0.25) is 5.91 Å². The second-order valence-electron chi connectivity index (χ2n) is 3.74. The fourth-order valence-electron chi connectivity index (χ4n) is 2.01. The first-order valence-corrected chi connectivity index (χ1v) is 5.43. The largest absolute Gasteiger partial charge is 0.497 e. The van der Waals surface area contributed by atoms with Gasteiger partial charge in [-0.15, -0.1) is 0 Å². The van der Waals surface area contributed by atoms with E-state index in [1.807, 2.05) is 36.1 Å². The van der Waals surface area contributed by atoms with Gasteiger partial charge in [-0.05, 0) is 24.6 Å². The molecule has 4 heteroatoms. The SMILES string of the molecule is CCN1C(=O)CNC1c1cccc(OC)c1. The molecule has 1 N–H and O–H groups in total. The van der Waals surface area contributed by atoms with Gasteiger partial charge in [-0.3, -0.25) is 10.1 Å². The van der Waals surface area contributed by atoms with E-state index in [4.69, 9.17) is 4.74 Å². The number of hydrogen-bond acceptors (Lipinski definition) is 3. The van der Waals surface area contributed by atoms with E-state index in [0.29, 0.717) is 13.1 Å². The first kappa shape index (κ1) is 11.0. The van der Waals surface area contributed by atoms with Gasteiger partial charge in [-0.1, -0.05) is 12.1 Å². The standard InChI is InChI=1S/C12H16N2O2/c1-3-14-11(15)8-13-12(14)9-5-4-6-10(7-9)16-2/h4-7,12-13H,3,8H2,1-2H3. The second-order valence-corrected chi connectivity index (χ2v) is 3.74. The number of nitrogens with one attached hydrogen (secondary N) is 1. The minimum atomic E-state index is -0.0207. The van der Waals surface area contributed by atoms with Gasteiger partial charge in [-0.25, -0.2) is 0 Å². The average molecular weight is 220 g/mol. The third kappa shape index (κ3) is 1.88. The minimum Gasteiger partial charge on any atom is -0.497 e. The van der Waals surface area contributed by atoms with Crippen molar-refractivity contribution in [2.45, 2.75) is 13.1 Å². The lowest BCUT2D eigenvalue weighted by molar-refractivity contribution is -0.127. The van der Waals surface area contributed by atoms with Gasteiger partial charge in [0.15, 0.2) is 0 Å². The number of carbonyl (C=O) groups excluding carboxylic acids is 1. The molecule has 1 fully saturated rings. The lowest BCUT2D eigenvalue weighted by atomic mass is 10.1. The summed E-state index contributed by atoms with van der Waals surface area (Å²) in [7, 11) is 1.64. The van der Waals surface area contributed by atoms with Gasteiger partial charge in [0.1, 0.15) is 11.9 Å². The van der Waals surface area contributed by atoms with E-state index >= 15 is 0 Å². The van der Waals surface area contributed by atoms with Crippen LogP contribution in [0, 0.1) is 0 Å². The maximum Gasteiger partial charge on any atom is 0.238 e. The van der Waals surface area contributed by atoms with E-state index in [1.165, 1.54) is 0 Å². The normalized spacial score (nSPS) is 20.2. The van der Waals surface area contributed by atoms with Gasteiger partial charge >= 0.3 is 0 Å². The van der Waals surface area contributed by atoms with Crippen molar-refractivity contribution in [3.8, 4) is 5.75 Å². The highest BCUT2D eigenvalue weighted by atomic mass is 16.5. The van der Waals surface area contributed by atoms with Crippen LogP contribution in [0.5, 0.6) is 5.75 Å². The summed E-state index contributed by atoms with van der Waals surface area (Å²) in [5, 5.41) is 3.20. The molecular weight excluding hydrogens is 204 g/mol. The Labute approximate surface area is 95.2 Å². The first-order valence-electron chi connectivity index (χ1n) is 5.43. The lowest BCUT2D eigenvalue weighted by Crippen LogP contribution is -2.29. The van der Waals surface area contributed by atoms with Gasteiger partial charge in [0.05, 0.1) is 13.7 Å². The Morgan fingerprint density at radius 3 is 3.06 bits per heavy atom. The molecular formula is C12H16N2O2. The van der Waals surface area contributed by atoms with E-state index in [-0.39, 0.29) is 12.1 Å². The van der Waals surface area contributed by atoms with Crippen molar-refractivity contribution in [1.29, 1.82) is 0 Å². The fraction of sp³-hybridized carbons (Fsp3) is 0.417. The highest BCUT2D eigenvalue weighted by Gasteiger charge is 2.30. The van der Waals surface area contributed by atoms with Crippen molar-refractivity contribution < 1.29 is 9.53 Å². The number of rotatable bonds is 3. The molecule has 0 bridgehead atoms. The molecule has 86 valence electrons. The van der Waals surface area contributed by atoms with E-state index in [9.17, 15) is 4.79 Å². The highest BCUT2D eigenvalue weighted by molar-refractivity contribution is 5.80. The maximum absolute atomic E-state index is 11.6. The molecule has 1 amide bonds. The smallest absolute Gasteiger partial charge is 0.238 e. The predicted molar refractivity (Wildman–Crippen MR) is 61.1 cm³/mol. The molecule has 0 saturated carbocycles. The number of nitrogens with zero attached hydrogens (tertiary/aromatic N) is 1. The number of amides is 1. The average Bonchev–Trinajstić information content (AvgIpc) is 2.70. The molecule has 2 rings (SSSR count). The van der Waals surface area contributed by atoms with Crippen LogP contribution in [0.2, 0.25) is 0 Å². The van der Waals surface area contributed by atoms with Gasteiger partial charge < -0.3 is 9.64 Å². The summed E-state index contributed by atoms with van der Waals surface area (Å²) >= 11 is 0. The van der Waals surface area contributed by atoms with Crippen LogP contribution < -0.4 is 10.1 Å². The monoisotopic (exact) mass is 220 g/mol. The molecule has 1 aromatic rings. The van der Waals surface area contributed by atoms with Crippen LogP contribution in [0.3, 0.4) is 0 Å². The van der Waals surface area contributed by atoms with Crippen molar-refractivity contribution in [2.75, 3.05) is 20.2 Å². The van der Waals surface area contributed by atoms with Crippen LogP contribution >= 0.6 is 0 Å². The van der Waals surface area contributed by atoms with Crippen molar-refractivity contribution in [3.63, 3.8) is 0 Å². The number of likely N-dealkylation sites (N-methyl/N-ethyl adjacent to an activating group) is 1. The molecule has 0 aromatic heterocycles. The van der Waals surface area contributed by atoms with Crippen LogP contribution in [0.15, 0.2) is 24.3 Å². The summed E-state index contributed by atoms with van der Waals surface area (Å²) in [5.74, 6) is 0.963. The molecule has 0 radical (unpaired) electrons. The molecule has 1 atom stereocenters. The van der Waals surface area contributed by atoms with E-state index < -0.39 is 0 Å². The van der Waals surface area contributed by atoms with Crippen LogP contribution in [0.1, 0.15) is 18.7 Å². The molecule has 0 aliphatic carbocycles. The zero-order chi connectivity index (χ0) is 11.5. The van der Waals surface area contributed by atoms with Gasteiger partial charge in [-0.2, -0.15) is 0 Å². The molecule has 1 aliphatic rings. The molecule has 0 spiro atoms. The van der Waals surface area contributed by atoms with E-state index in [0.717, 1.165) is 11.3 Å². The summed E-state index contributed by atoms with van der Waals surface area (Å²) < 4.78 is 5.18. The highest BCUT2D eigenvalue weighted by Crippen LogP contribution is 2.24. The number of methoxy groups -OCH3 is 1. The van der Waals surface area contributed by atoms with Crippen LogP contribution in [-0.4, -0.2) is 31.0 Å². The van der Waals surface area contributed by atoms with Gasteiger partial charge in [0, 0.05) is 6.54 Å². The van der Waals surface area contributed by atoms with Crippen molar-refractivity contribution in [3.05, 3.63) is 29.8 Å². The predicted octanol–water partition coefficient (Wildman–Crippen LogP) is 1.15. The molecule has 1 unspecified atom stereocenters. The van der Waals surface area contributed by atoms with Crippen LogP contribution in [0.4, 0.5) is 0 Å². The number of benzene rings is 1.